The van der Waals surface area contributed by atoms with Crippen molar-refractivity contribution in [2.24, 2.45) is 5.73 Å². The lowest BCUT2D eigenvalue weighted by Gasteiger charge is -2.32. The summed E-state index contributed by atoms with van der Waals surface area (Å²) in [6, 6.07) is 5.21. The standard InChI is InChI=1S/C17H22N6O2/c1-22(2)15-4-8-20-17(21-15)23-9-5-12(6-10-23)25-13-3-7-19-14(11-13)16(18)24/h3-4,7-8,11-12H,5-6,9-10H2,1-2H3,(H2,18,24). The molecule has 0 atom stereocenters. The van der Waals surface area contributed by atoms with Crippen LogP contribution in [0.15, 0.2) is 30.6 Å². The molecule has 0 bridgehead atoms. The van der Waals surface area contributed by atoms with Crippen molar-refractivity contribution in [3.05, 3.63) is 36.3 Å². The van der Waals surface area contributed by atoms with Crippen LogP contribution in [0.2, 0.25) is 0 Å². The van der Waals surface area contributed by atoms with E-state index in [-0.39, 0.29) is 11.8 Å². The number of anilines is 2. The number of amides is 1. The van der Waals surface area contributed by atoms with Gasteiger partial charge in [0.25, 0.3) is 5.91 Å². The van der Waals surface area contributed by atoms with Gasteiger partial charge in [-0.3, -0.25) is 9.78 Å². The maximum absolute atomic E-state index is 11.2. The molecule has 3 rings (SSSR count). The van der Waals surface area contributed by atoms with E-state index in [1.165, 1.54) is 6.20 Å². The van der Waals surface area contributed by atoms with Gasteiger partial charge in [-0.15, -0.1) is 0 Å². The topological polar surface area (TPSA) is 97.5 Å². The van der Waals surface area contributed by atoms with Crippen LogP contribution in [0.1, 0.15) is 23.3 Å². The molecule has 1 saturated heterocycles. The molecule has 1 fully saturated rings. The maximum Gasteiger partial charge on any atom is 0.267 e. The molecule has 0 radical (unpaired) electrons. The first-order valence-corrected chi connectivity index (χ1v) is 8.21. The maximum atomic E-state index is 11.2. The molecule has 2 aromatic rings. The summed E-state index contributed by atoms with van der Waals surface area (Å²) in [6.07, 6.45) is 5.10. The van der Waals surface area contributed by atoms with Crippen LogP contribution in [-0.2, 0) is 0 Å². The lowest BCUT2D eigenvalue weighted by molar-refractivity contribution is 0.0994. The summed E-state index contributed by atoms with van der Waals surface area (Å²) < 4.78 is 5.97. The third-order valence-corrected chi connectivity index (χ3v) is 4.10. The Morgan fingerprint density at radius 1 is 1.24 bits per heavy atom. The van der Waals surface area contributed by atoms with Crippen molar-refractivity contribution < 1.29 is 9.53 Å². The van der Waals surface area contributed by atoms with E-state index in [2.05, 4.69) is 19.9 Å². The van der Waals surface area contributed by atoms with Gasteiger partial charge in [-0.05, 0) is 12.1 Å². The van der Waals surface area contributed by atoms with Gasteiger partial charge in [0.1, 0.15) is 23.4 Å². The van der Waals surface area contributed by atoms with Crippen molar-refractivity contribution in [3.63, 3.8) is 0 Å². The van der Waals surface area contributed by atoms with E-state index >= 15 is 0 Å². The lowest BCUT2D eigenvalue weighted by atomic mass is 10.1. The molecule has 0 unspecified atom stereocenters. The summed E-state index contributed by atoms with van der Waals surface area (Å²) in [5.74, 6) is 1.69. The Morgan fingerprint density at radius 3 is 2.64 bits per heavy atom. The van der Waals surface area contributed by atoms with Crippen molar-refractivity contribution in [1.29, 1.82) is 0 Å². The minimum atomic E-state index is -0.557. The van der Waals surface area contributed by atoms with Gasteiger partial charge in [-0.25, -0.2) is 4.98 Å². The molecule has 1 amide bonds. The van der Waals surface area contributed by atoms with E-state index in [1.807, 2.05) is 25.1 Å². The lowest BCUT2D eigenvalue weighted by Crippen LogP contribution is -2.39. The number of carbonyl (C=O) groups excluding carboxylic acids is 1. The Morgan fingerprint density at radius 2 is 1.96 bits per heavy atom. The third-order valence-electron chi connectivity index (χ3n) is 4.10. The number of nitrogens with zero attached hydrogens (tertiary/aromatic N) is 5. The van der Waals surface area contributed by atoms with E-state index in [4.69, 9.17) is 10.5 Å². The van der Waals surface area contributed by atoms with Gasteiger partial charge in [-0.2, -0.15) is 4.98 Å². The number of piperidine rings is 1. The van der Waals surface area contributed by atoms with E-state index in [9.17, 15) is 4.79 Å². The SMILES string of the molecule is CN(C)c1ccnc(N2CCC(Oc3ccnc(C(N)=O)c3)CC2)n1. The Balaban J connectivity index is 1.59. The third kappa shape index (κ3) is 4.14. The highest BCUT2D eigenvalue weighted by Crippen LogP contribution is 2.22. The molecule has 0 saturated carbocycles. The average Bonchev–Trinajstić information content (AvgIpc) is 2.62. The molecule has 0 aliphatic carbocycles. The van der Waals surface area contributed by atoms with Gasteiger partial charge in [-0.1, -0.05) is 0 Å². The summed E-state index contributed by atoms with van der Waals surface area (Å²) in [5, 5.41) is 0. The minimum Gasteiger partial charge on any atom is -0.490 e. The van der Waals surface area contributed by atoms with E-state index in [0.29, 0.717) is 5.75 Å². The molecule has 8 nitrogen and oxygen atoms in total. The summed E-state index contributed by atoms with van der Waals surface area (Å²) in [6.45, 7) is 1.63. The Bertz CT molecular complexity index is 743. The first-order valence-electron chi connectivity index (χ1n) is 8.21. The molecule has 0 aromatic carbocycles. The molecule has 1 aliphatic rings. The smallest absolute Gasteiger partial charge is 0.267 e. The van der Waals surface area contributed by atoms with Crippen molar-refractivity contribution in [3.8, 4) is 5.75 Å². The molecule has 0 spiro atoms. The Hall–Kier alpha value is -2.90. The van der Waals surface area contributed by atoms with Gasteiger partial charge >= 0.3 is 0 Å². The molecule has 25 heavy (non-hydrogen) atoms. The predicted octanol–water partition coefficient (Wildman–Crippen LogP) is 1.08. The molecule has 8 heteroatoms. The molecule has 1 aliphatic heterocycles. The van der Waals surface area contributed by atoms with Crippen LogP contribution in [0.3, 0.4) is 0 Å². The number of hydrogen-bond acceptors (Lipinski definition) is 7. The van der Waals surface area contributed by atoms with Crippen LogP contribution in [0.25, 0.3) is 0 Å². The van der Waals surface area contributed by atoms with Gasteiger partial charge in [0.15, 0.2) is 0 Å². The number of ether oxygens (including phenoxy) is 1. The quantitative estimate of drug-likeness (QED) is 0.868. The molecule has 132 valence electrons. The number of rotatable bonds is 5. The van der Waals surface area contributed by atoms with Crippen LogP contribution < -0.4 is 20.3 Å². The molecular weight excluding hydrogens is 320 g/mol. The van der Waals surface area contributed by atoms with Crippen LogP contribution in [-0.4, -0.2) is 54.1 Å². The zero-order valence-corrected chi connectivity index (χ0v) is 14.4. The number of nitrogens with two attached hydrogens (primary N) is 1. The normalized spacial score (nSPS) is 15.0. The highest BCUT2D eigenvalue weighted by molar-refractivity contribution is 5.91. The van der Waals surface area contributed by atoms with Gasteiger partial charge < -0.3 is 20.3 Å². The summed E-state index contributed by atoms with van der Waals surface area (Å²) in [7, 11) is 3.92. The Labute approximate surface area is 146 Å². The molecular formula is C17H22N6O2. The molecule has 2 aromatic heterocycles. The fourth-order valence-corrected chi connectivity index (χ4v) is 2.73. The monoisotopic (exact) mass is 342 g/mol. The number of aromatic nitrogens is 3. The number of carbonyl (C=O) groups is 1. The fourth-order valence-electron chi connectivity index (χ4n) is 2.73. The minimum absolute atomic E-state index is 0.0800. The number of hydrogen-bond donors (Lipinski definition) is 1. The Kier molecular flexibility index (Phi) is 4.97. The fraction of sp³-hybridized carbons (Fsp3) is 0.412. The predicted molar refractivity (Wildman–Crippen MR) is 95.0 cm³/mol. The highest BCUT2D eigenvalue weighted by atomic mass is 16.5. The van der Waals surface area contributed by atoms with E-state index in [0.717, 1.165) is 37.7 Å². The van der Waals surface area contributed by atoms with Crippen molar-refractivity contribution in [1.82, 2.24) is 15.0 Å². The zero-order valence-electron chi connectivity index (χ0n) is 14.4. The average molecular weight is 342 g/mol. The second-order valence-electron chi connectivity index (χ2n) is 6.15. The van der Waals surface area contributed by atoms with Crippen molar-refractivity contribution >= 4 is 17.7 Å². The van der Waals surface area contributed by atoms with Gasteiger partial charge in [0.05, 0.1) is 0 Å². The van der Waals surface area contributed by atoms with E-state index < -0.39 is 5.91 Å². The zero-order chi connectivity index (χ0) is 17.8. The second-order valence-corrected chi connectivity index (χ2v) is 6.15. The summed E-state index contributed by atoms with van der Waals surface area (Å²) in [5.41, 5.74) is 5.46. The van der Waals surface area contributed by atoms with Crippen molar-refractivity contribution in [2.45, 2.75) is 18.9 Å². The van der Waals surface area contributed by atoms with Gasteiger partial charge in [0.2, 0.25) is 5.95 Å². The summed E-state index contributed by atoms with van der Waals surface area (Å²) >= 11 is 0. The number of primary amides is 1. The second kappa shape index (κ2) is 7.33. The van der Waals surface area contributed by atoms with Crippen LogP contribution in [0, 0.1) is 0 Å². The summed E-state index contributed by atoms with van der Waals surface area (Å²) in [4.78, 5) is 28.2. The first kappa shape index (κ1) is 16.9. The van der Waals surface area contributed by atoms with Crippen LogP contribution in [0.4, 0.5) is 11.8 Å². The highest BCUT2D eigenvalue weighted by Gasteiger charge is 2.22. The number of pyridine rings is 1. The van der Waals surface area contributed by atoms with Crippen LogP contribution >= 0.6 is 0 Å². The van der Waals surface area contributed by atoms with Crippen LogP contribution in [0.5, 0.6) is 5.75 Å². The van der Waals surface area contributed by atoms with Crippen molar-refractivity contribution in [2.75, 3.05) is 37.0 Å². The molecule has 3 heterocycles. The van der Waals surface area contributed by atoms with Gasteiger partial charge in [0, 0.05) is 58.5 Å². The first-order chi connectivity index (χ1) is 12.0. The molecule has 2 N–H and O–H groups in total. The largest absolute Gasteiger partial charge is 0.490 e. The van der Waals surface area contributed by atoms with E-state index in [1.54, 1.807) is 18.3 Å².